The van der Waals surface area contributed by atoms with E-state index in [9.17, 15) is 0 Å². The third-order valence-electron chi connectivity index (χ3n) is 9.11. The van der Waals surface area contributed by atoms with Gasteiger partial charge in [-0.15, -0.1) is 0 Å². The first-order chi connectivity index (χ1) is 22.2. The highest BCUT2D eigenvalue weighted by Crippen LogP contribution is 2.08. The SMILES string of the molecule is CCCN1CCN(CCNCCN)CC1.NCCCCCNCCN1CCCCC1.NCCN(CCN)CCN1CCCCC1. The van der Waals surface area contributed by atoms with Gasteiger partial charge in [0.15, 0.2) is 0 Å². The number of piperidine rings is 2. The van der Waals surface area contributed by atoms with Crippen LogP contribution < -0.4 is 33.6 Å². The molecule has 3 rings (SSSR count). The molecule has 3 aliphatic rings. The van der Waals surface area contributed by atoms with E-state index in [2.05, 4.69) is 42.1 Å². The van der Waals surface area contributed by atoms with Crippen LogP contribution >= 0.6 is 0 Å². The lowest BCUT2D eigenvalue weighted by atomic mass is 10.1. The topological polar surface area (TPSA) is 144 Å². The van der Waals surface area contributed by atoms with Crippen LogP contribution in [-0.2, 0) is 0 Å². The third-order valence-corrected chi connectivity index (χ3v) is 9.11. The first-order valence-electron chi connectivity index (χ1n) is 19.0. The Morgan fingerprint density at radius 3 is 1.42 bits per heavy atom. The molecule has 0 aromatic carbocycles. The predicted molar refractivity (Wildman–Crippen MR) is 196 cm³/mol. The zero-order valence-corrected chi connectivity index (χ0v) is 29.9. The van der Waals surface area contributed by atoms with Crippen LogP contribution in [0.5, 0.6) is 0 Å². The van der Waals surface area contributed by atoms with Crippen molar-refractivity contribution in [2.75, 3.05) is 151 Å². The van der Waals surface area contributed by atoms with Crippen LogP contribution in [0, 0.1) is 0 Å². The summed E-state index contributed by atoms with van der Waals surface area (Å²) in [6.07, 6.45) is 13.4. The minimum Gasteiger partial charge on any atom is -0.330 e. The average Bonchev–Trinajstić information content (AvgIpc) is 3.08. The number of nitrogens with zero attached hydrogens (tertiary/aromatic N) is 5. The molecule has 0 atom stereocenters. The van der Waals surface area contributed by atoms with E-state index in [1.807, 2.05) is 0 Å². The zero-order valence-electron chi connectivity index (χ0n) is 29.9. The molecule has 3 aliphatic heterocycles. The average molecular weight is 642 g/mol. The highest BCUT2D eigenvalue weighted by atomic mass is 15.3. The number of hydrogen-bond acceptors (Lipinski definition) is 11. The summed E-state index contributed by atoms with van der Waals surface area (Å²) in [4.78, 5) is 12.6. The molecular formula is C34H79N11. The number of nitrogens with two attached hydrogens (primary N) is 4. The summed E-state index contributed by atoms with van der Waals surface area (Å²) in [7, 11) is 0. The molecule has 3 saturated heterocycles. The Kier molecular flexibility index (Phi) is 30.4. The molecule has 0 aliphatic carbocycles. The van der Waals surface area contributed by atoms with Gasteiger partial charge in [0.05, 0.1) is 0 Å². The quantitative estimate of drug-likeness (QED) is 0.0917. The zero-order chi connectivity index (χ0) is 32.6. The number of unbranched alkanes of at least 4 members (excludes halogenated alkanes) is 2. The van der Waals surface area contributed by atoms with Crippen molar-refractivity contribution in [1.82, 2.24) is 35.1 Å². The van der Waals surface area contributed by atoms with Crippen molar-refractivity contribution in [3.05, 3.63) is 0 Å². The second-order valence-corrected chi connectivity index (χ2v) is 13.0. The lowest BCUT2D eigenvalue weighted by molar-refractivity contribution is 0.133. The lowest BCUT2D eigenvalue weighted by Crippen LogP contribution is -2.48. The summed E-state index contributed by atoms with van der Waals surface area (Å²) >= 11 is 0. The molecule has 0 aromatic rings. The van der Waals surface area contributed by atoms with Crippen LogP contribution in [-0.4, -0.2) is 175 Å². The molecule has 10 N–H and O–H groups in total. The maximum Gasteiger partial charge on any atom is 0.0110 e. The minimum absolute atomic E-state index is 0.736. The molecule has 3 heterocycles. The second kappa shape index (κ2) is 32.1. The van der Waals surface area contributed by atoms with E-state index >= 15 is 0 Å². The number of likely N-dealkylation sites (tertiary alicyclic amines) is 2. The molecule has 0 bridgehead atoms. The minimum atomic E-state index is 0.736. The number of hydrogen-bond donors (Lipinski definition) is 6. The molecule has 0 amide bonds. The molecule has 0 unspecified atom stereocenters. The molecule has 0 aromatic heterocycles. The smallest absolute Gasteiger partial charge is 0.0110 e. The molecule has 3 fully saturated rings. The Morgan fingerprint density at radius 1 is 0.444 bits per heavy atom. The van der Waals surface area contributed by atoms with Gasteiger partial charge in [-0.2, -0.15) is 0 Å². The first-order valence-corrected chi connectivity index (χ1v) is 19.0. The number of rotatable bonds is 22. The maximum absolute atomic E-state index is 5.57. The fourth-order valence-electron chi connectivity index (χ4n) is 6.30. The second-order valence-electron chi connectivity index (χ2n) is 13.0. The lowest BCUT2D eigenvalue weighted by Gasteiger charge is -2.34. The van der Waals surface area contributed by atoms with E-state index in [0.29, 0.717) is 0 Å². The Bertz CT molecular complexity index is 568. The van der Waals surface area contributed by atoms with E-state index in [0.717, 1.165) is 72.0 Å². The van der Waals surface area contributed by atoms with Crippen molar-refractivity contribution in [3.8, 4) is 0 Å². The maximum atomic E-state index is 5.57. The van der Waals surface area contributed by atoms with Gasteiger partial charge >= 0.3 is 0 Å². The Labute approximate surface area is 279 Å². The van der Waals surface area contributed by atoms with E-state index in [4.69, 9.17) is 22.9 Å². The Hall–Kier alpha value is -0.440. The fraction of sp³-hybridized carbons (Fsp3) is 1.00. The van der Waals surface area contributed by atoms with Crippen LogP contribution in [0.2, 0.25) is 0 Å². The Morgan fingerprint density at radius 2 is 0.933 bits per heavy atom. The van der Waals surface area contributed by atoms with Crippen molar-refractivity contribution < 1.29 is 0 Å². The van der Waals surface area contributed by atoms with E-state index in [-0.39, 0.29) is 0 Å². The molecular weight excluding hydrogens is 562 g/mol. The Balaban J connectivity index is 0.000000337. The van der Waals surface area contributed by atoms with Crippen molar-refractivity contribution in [2.45, 2.75) is 71.1 Å². The standard InChI is InChI=1S/C12H27N3.2C11H26N4/c13-7-3-1-4-8-14-9-12-15-10-5-2-6-11-15;1-2-6-14-8-10-15(11-9-14)7-5-13-4-3-12;12-4-8-15(9-5-13)11-10-14-6-2-1-3-7-14/h14H,1-13H2;13H,2-12H2,1H3;1-13H2. The van der Waals surface area contributed by atoms with Crippen LogP contribution in [0.3, 0.4) is 0 Å². The highest BCUT2D eigenvalue weighted by Gasteiger charge is 2.15. The van der Waals surface area contributed by atoms with E-state index in [1.54, 1.807) is 0 Å². The van der Waals surface area contributed by atoms with Gasteiger partial charge in [-0.3, -0.25) is 9.80 Å². The molecule has 0 spiro atoms. The third kappa shape index (κ3) is 25.3. The van der Waals surface area contributed by atoms with E-state index < -0.39 is 0 Å². The van der Waals surface area contributed by atoms with Crippen molar-refractivity contribution >= 4 is 0 Å². The van der Waals surface area contributed by atoms with Gasteiger partial charge in [0.25, 0.3) is 0 Å². The molecule has 0 saturated carbocycles. The summed E-state index contributed by atoms with van der Waals surface area (Å²) in [6.45, 7) is 27.7. The van der Waals surface area contributed by atoms with Crippen LogP contribution in [0.15, 0.2) is 0 Å². The monoisotopic (exact) mass is 642 g/mol. The fourth-order valence-corrected chi connectivity index (χ4v) is 6.30. The molecule has 0 radical (unpaired) electrons. The first kappa shape index (κ1) is 42.6. The largest absolute Gasteiger partial charge is 0.330 e. The molecule has 11 heteroatoms. The van der Waals surface area contributed by atoms with Crippen molar-refractivity contribution in [3.63, 3.8) is 0 Å². The van der Waals surface area contributed by atoms with Gasteiger partial charge in [-0.1, -0.05) is 26.2 Å². The predicted octanol–water partition coefficient (Wildman–Crippen LogP) is 0.445. The summed E-state index contributed by atoms with van der Waals surface area (Å²) in [5.41, 5.74) is 22.0. The van der Waals surface area contributed by atoms with Crippen LogP contribution in [0.4, 0.5) is 0 Å². The van der Waals surface area contributed by atoms with Gasteiger partial charge < -0.3 is 48.3 Å². The highest BCUT2D eigenvalue weighted by molar-refractivity contribution is 4.72. The summed E-state index contributed by atoms with van der Waals surface area (Å²) < 4.78 is 0. The number of nitrogens with one attached hydrogen (secondary N) is 2. The summed E-state index contributed by atoms with van der Waals surface area (Å²) in [6, 6.07) is 0. The molecule has 45 heavy (non-hydrogen) atoms. The van der Waals surface area contributed by atoms with Gasteiger partial charge in [0.1, 0.15) is 0 Å². The van der Waals surface area contributed by atoms with Crippen molar-refractivity contribution in [1.29, 1.82) is 0 Å². The normalized spacial score (nSPS) is 18.8. The van der Waals surface area contributed by atoms with E-state index in [1.165, 1.54) is 143 Å². The van der Waals surface area contributed by atoms with Gasteiger partial charge in [0.2, 0.25) is 0 Å². The van der Waals surface area contributed by atoms with Crippen LogP contribution in [0.1, 0.15) is 71.1 Å². The summed E-state index contributed by atoms with van der Waals surface area (Å²) in [5, 5.41) is 6.85. The van der Waals surface area contributed by atoms with Crippen molar-refractivity contribution in [2.24, 2.45) is 22.9 Å². The van der Waals surface area contributed by atoms with Gasteiger partial charge in [-0.05, 0) is 90.8 Å². The molecule has 270 valence electrons. The molecule has 11 nitrogen and oxygen atoms in total. The van der Waals surface area contributed by atoms with Crippen LogP contribution in [0.25, 0.3) is 0 Å². The summed E-state index contributed by atoms with van der Waals surface area (Å²) in [5.74, 6) is 0. The number of piperazine rings is 1. The van der Waals surface area contributed by atoms with Gasteiger partial charge in [-0.25, -0.2) is 0 Å². The van der Waals surface area contributed by atoms with Gasteiger partial charge in [0, 0.05) is 105 Å².